The van der Waals surface area contributed by atoms with Gasteiger partial charge >= 0.3 is 0 Å². The lowest BCUT2D eigenvalue weighted by Crippen LogP contribution is -2.33. The Morgan fingerprint density at radius 3 is 1.64 bits per heavy atom. The fourth-order valence-corrected chi connectivity index (χ4v) is 0. The van der Waals surface area contributed by atoms with Gasteiger partial charge in [0, 0.05) is 7.11 Å². The Hall–Kier alpha value is -0.770. The largest absolute Gasteiger partial charge is 0.553 e. The standard InChI is InChI=1S/C5H14N.C2H4O3/c1-5-6(2,3)4;1-5-2(3)4/h5H2,1-4H3;1H3,(H,3,4)/q+1;/p-1. The van der Waals surface area contributed by atoms with E-state index in [1.165, 1.54) is 6.54 Å². The normalized spacial score (nSPS) is 9.55. The van der Waals surface area contributed by atoms with Crippen molar-refractivity contribution in [2.24, 2.45) is 0 Å². The van der Waals surface area contributed by atoms with E-state index in [1.54, 1.807) is 0 Å². The highest BCUT2D eigenvalue weighted by Gasteiger charge is 1.97. The fraction of sp³-hybridized carbons (Fsp3) is 0.857. The smallest absolute Gasteiger partial charge is 0.251 e. The van der Waals surface area contributed by atoms with E-state index in [0.717, 1.165) is 11.6 Å². The average Bonchev–Trinajstić information content (AvgIpc) is 1.88. The Labute approximate surface area is 68.0 Å². The summed E-state index contributed by atoms with van der Waals surface area (Å²) in [5.41, 5.74) is 0. The quantitative estimate of drug-likeness (QED) is 0.393. The van der Waals surface area contributed by atoms with E-state index in [9.17, 15) is 0 Å². The van der Waals surface area contributed by atoms with Crippen molar-refractivity contribution in [3.05, 3.63) is 0 Å². The van der Waals surface area contributed by atoms with Crippen LogP contribution >= 0.6 is 0 Å². The Balaban J connectivity index is 0. The maximum absolute atomic E-state index is 9.03. The van der Waals surface area contributed by atoms with Crippen LogP contribution < -0.4 is 5.11 Å². The van der Waals surface area contributed by atoms with E-state index in [2.05, 4.69) is 32.8 Å². The molecule has 0 atom stereocenters. The summed E-state index contributed by atoms with van der Waals surface area (Å²) in [5, 5.41) is 9.03. The number of carbonyl (C=O) groups excluding carboxylic acids is 1. The minimum Gasteiger partial charge on any atom is -0.553 e. The van der Waals surface area contributed by atoms with Crippen molar-refractivity contribution in [2.75, 3.05) is 34.8 Å². The molecule has 0 rings (SSSR count). The SMILES string of the molecule is CC[N+](C)(C)C.COC(=O)[O-]. The zero-order chi connectivity index (χ0) is 9.49. The molecule has 0 spiro atoms. The van der Waals surface area contributed by atoms with Gasteiger partial charge in [-0.2, -0.15) is 0 Å². The van der Waals surface area contributed by atoms with Crippen LogP contribution in [0, 0.1) is 0 Å². The molecular weight excluding hydrogens is 146 g/mol. The van der Waals surface area contributed by atoms with Crippen molar-refractivity contribution in [1.82, 2.24) is 0 Å². The first-order valence-corrected chi connectivity index (χ1v) is 3.39. The number of carbonyl (C=O) groups is 1. The van der Waals surface area contributed by atoms with Crippen LogP contribution in [0.2, 0.25) is 0 Å². The molecule has 4 heteroatoms. The third-order valence-corrected chi connectivity index (χ3v) is 1.12. The topological polar surface area (TPSA) is 49.4 Å². The Kier molecular flexibility index (Phi) is 6.99. The van der Waals surface area contributed by atoms with E-state index in [0.29, 0.717) is 0 Å². The van der Waals surface area contributed by atoms with Gasteiger partial charge in [-0.25, -0.2) is 0 Å². The molecule has 0 radical (unpaired) electrons. The third-order valence-electron chi connectivity index (χ3n) is 1.12. The summed E-state index contributed by atoms with van der Waals surface area (Å²) in [6.07, 6.45) is -1.50. The predicted molar refractivity (Wildman–Crippen MR) is 41.0 cm³/mol. The van der Waals surface area contributed by atoms with Crippen molar-refractivity contribution in [2.45, 2.75) is 6.92 Å². The molecule has 0 aromatic heterocycles. The lowest BCUT2D eigenvalue weighted by atomic mass is 10.6. The van der Waals surface area contributed by atoms with Gasteiger partial charge in [-0.3, -0.25) is 0 Å². The second kappa shape index (κ2) is 5.97. The lowest BCUT2D eigenvalue weighted by molar-refractivity contribution is -0.868. The second-order valence-corrected chi connectivity index (χ2v) is 3.06. The monoisotopic (exact) mass is 163 g/mol. The number of ether oxygens (including phenoxy) is 1. The van der Waals surface area contributed by atoms with Crippen molar-refractivity contribution in [3.8, 4) is 0 Å². The van der Waals surface area contributed by atoms with E-state index in [-0.39, 0.29) is 0 Å². The van der Waals surface area contributed by atoms with Crippen LogP contribution in [0.25, 0.3) is 0 Å². The van der Waals surface area contributed by atoms with Crippen LogP contribution in [0.1, 0.15) is 6.92 Å². The van der Waals surface area contributed by atoms with Gasteiger partial charge in [0.05, 0.1) is 27.7 Å². The molecule has 4 nitrogen and oxygen atoms in total. The van der Waals surface area contributed by atoms with Crippen molar-refractivity contribution < 1.29 is 19.1 Å². The van der Waals surface area contributed by atoms with Crippen molar-refractivity contribution >= 4 is 6.16 Å². The third kappa shape index (κ3) is 27.0. The van der Waals surface area contributed by atoms with Crippen LogP contribution in [0.3, 0.4) is 0 Å². The molecule has 0 bridgehead atoms. The van der Waals surface area contributed by atoms with Gasteiger partial charge in [-0.05, 0) is 6.92 Å². The maximum Gasteiger partial charge on any atom is 0.251 e. The highest BCUT2D eigenvalue weighted by atomic mass is 16.6. The van der Waals surface area contributed by atoms with Gasteiger partial charge in [0.1, 0.15) is 0 Å². The Morgan fingerprint density at radius 2 is 1.64 bits per heavy atom. The van der Waals surface area contributed by atoms with Crippen LogP contribution in [0.5, 0.6) is 0 Å². The van der Waals surface area contributed by atoms with E-state index in [4.69, 9.17) is 9.90 Å². The molecule has 0 aliphatic rings. The van der Waals surface area contributed by atoms with Crippen molar-refractivity contribution in [3.63, 3.8) is 0 Å². The summed E-state index contributed by atoms with van der Waals surface area (Å²) < 4.78 is 4.62. The molecule has 11 heavy (non-hydrogen) atoms. The number of nitrogens with zero attached hydrogens (tertiary/aromatic N) is 1. The number of rotatable bonds is 1. The summed E-state index contributed by atoms with van der Waals surface area (Å²) in [6, 6.07) is 0. The van der Waals surface area contributed by atoms with Gasteiger partial charge in [0.25, 0.3) is 6.16 Å². The minimum absolute atomic E-state index is 1.04. The Morgan fingerprint density at radius 1 is 1.45 bits per heavy atom. The number of carboxylic acid groups (broad SMARTS) is 1. The number of hydrogen-bond donors (Lipinski definition) is 0. The Bertz CT molecular complexity index is 107. The first-order chi connectivity index (χ1) is 4.83. The van der Waals surface area contributed by atoms with Gasteiger partial charge in [0.2, 0.25) is 0 Å². The first-order valence-electron chi connectivity index (χ1n) is 3.39. The lowest BCUT2D eigenvalue weighted by Gasteiger charge is -2.20. The molecule has 0 unspecified atom stereocenters. The molecule has 0 aliphatic heterocycles. The molecule has 0 saturated heterocycles. The average molecular weight is 163 g/mol. The molecule has 0 aliphatic carbocycles. The van der Waals surface area contributed by atoms with Gasteiger partial charge in [-0.15, -0.1) is 0 Å². The molecule has 0 aromatic rings. The molecule has 0 saturated carbocycles. The first kappa shape index (κ1) is 12.9. The summed E-state index contributed by atoms with van der Waals surface area (Å²) >= 11 is 0. The molecule has 0 N–H and O–H groups in total. The van der Waals surface area contributed by atoms with Gasteiger partial charge < -0.3 is 19.1 Å². The highest BCUT2D eigenvalue weighted by molar-refractivity contribution is 5.53. The fourth-order valence-electron chi connectivity index (χ4n) is 0. The summed E-state index contributed by atoms with van der Waals surface area (Å²) in [4.78, 5) is 9.03. The molecule has 0 heterocycles. The van der Waals surface area contributed by atoms with Gasteiger partial charge in [0.15, 0.2) is 0 Å². The van der Waals surface area contributed by atoms with Crippen LogP contribution in [-0.2, 0) is 4.74 Å². The zero-order valence-corrected chi connectivity index (χ0v) is 7.88. The van der Waals surface area contributed by atoms with Crippen molar-refractivity contribution in [1.29, 1.82) is 0 Å². The zero-order valence-electron chi connectivity index (χ0n) is 7.88. The molecule has 0 fully saturated rings. The van der Waals surface area contributed by atoms with Crippen LogP contribution in [-0.4, -0.2) is 45.4 Å². The highest BCUT2D eigenvalue weighted by Crippen LogP contribution is 1.83. The second-order valence-electron chi connectivity index (χ2n) is 3.06. The van der Waals surface area contributed by atoms with E-state index < -0.39 is 6.16 Å². The molecular formula is C7H17NO3. The minimum atomic E-state index is -1.50. The number of methoxy groups -OCH3 is 1. The van der Waals surface area contributed by atoms with Gasteiger partial charge in [-0.1, -0.05) is 0 Å². The van der Waals surface area contributed by atoms with Crippen LogP contribution in [0.15, 0.2) is 0 Å². The number of hydrogen-bond acceptors (Lipinski definition) is 3. The molecule has 0 aromatic carbocycles. The molecule has 0 amide bonds. The number of quaternary nitrogens is 1. The summed E-state index contributed by atoms with van der Waals surface area (Å²) in [5.74, 6) is 0. The summed E-state index contributed by atoms with van der Waals surface area (Å²) in [6.45, 7) is 3.39. The summed E-state index contributed by atoms with van der Waals surface area (Å²) in [7, 11) is 7.58. The van der Waals surface area contributed by atoms with E-state index >= 15 is 0 Å². The predicted octanol–water partition coefficient (Wildman–Crippen LogP) is -0.311. The molecule has 68 valence electrons. The van der Waals surface area contributed by atoms with E-state index in [1.807, 2.05) is 0 Å². The maximum atomic E-state index is 9.03. The van der Waals surface area contributed by atoms with Crippen LogP contribution in [0.4, 0.5) is 4.79 Å².